The molecule has 0 atom stereocenters. The summed E-state index contributed by atoms with van der Waals surface area (Å²) >= 11 is 1.44. The zero-order chi connectivity index (χ0) is 20.5. The number of thioether (sulfide) groups is 1. The number of imidazole rings is 1. The maximum Gasteiger partial charge on any atom is 0.223 e. The monoisotopic (exact) mass is 398 g/mol. The Labute approximate surface area is 169 Å². The van der Waals surface area contributed by atoms with Gasteiger partial charge in [-0.2, -0.15) is 0 Å². The highest BCUT2D eigenvalue weighted by Crippen LogP contribution is 2.26. The molecule has 0 unspecified atom stereocenters. The van der Waals surface area contributed by atoms with Crippen LogP contribution in [-0.4, -0.2) is 36.2 Å². The molecule has 3 aromatic rings. The summed E-state index contributed by atoms with van der Waals surface area (Å²) in [6.45, 7) is 9.96. The van der Waals surface area contributed by atoms with Crippen molar-refractivity contribution in [1.29, 1.82) is 0 Å². The zero-order valence-electron chi connectivity index (χ0n) is 16.9. The van der Waals surface area contributed by atoms with E-state index in [0.717, 1.165) is 28.2 Å². The van der Waals surface area contributed by atoms with Crippen molar-refractivity contribution in [3.8, 4) is 0 Å². The molecule has 28 heavy (non-hydrogen) atoms. The van der Waals surface area contributed by atoms with E-state index in [-0.39, 0.29) is 5.91 Å². The first kappa shape index (κ1) is 20.3. The molecule has 0 spiro atoms. The fourth-order valence-corrected chi connectivity index (χ4v) is 3.90. The predicted molar refractivity (Wildman–Crippen MR) is 111 cm³/mol. The minimum absolute atomic E-state index is 0.328. The fourth-order valence-electron chi connectivity index (χ4n) is 2.96. The molecule has 3 rings (SSSR count). The molecular formula is C20H26N6OS. The lowest BCUT2D eigenvalue weighted by atomic mass is 9.96. The van der Waals surface area contributed by atoms with Crippen molar-refractivity contribution in [3.63, 3.8) is 0 Å². The number of nitrogens with zero attached hydrogens (tertiary/aromatic N) is 5. The van der Waals surface area contributed by atoms with Crippen LogP contribution in [0.25, 0.3) is 11.0 Å². The van der Waals surface area contributed by atoms with Crippen LogP contribution in [0.2, 0.25) is 0 Å². The van der Waals surface area contributed by atoms with Gasteiger partial charge in [-0.15, -0.1) is 0 Å². The Kier molecular flexibility index (Phi) is 5.69. The topological polar surface area (TPSA) is 99.6 Å². The number of hydrogen-bond donors (Lipinski definition) is 1. The summed E-state index contributed by atoms with van der Waals surface area (Å²) in [5.41, 5.74) is 8.64. The third-order valence-electron chi connectivity index (χ3n) is 4.61. The highest BCUT2D eigenvalue weighted by Gasteiger charge is 2.25. The minimum Gasteiger partial charge on any atom is -0.369 e. The SMILES string of the molecule is Cc1nc2cnc(Cc3ccnc(SCC(C)(C)C(N)=O)n3)cc2n1C(C)C. The number of aryl methyl sites for hydroxylation is 1. The van der Waals surface area contributed by atoms with Gasteiger partial charge in [-0.3, -0.25) is 9.78 Å². The average molecular weight is 399 g/mol. The normalized spacial score (nSPS) is 12.1. The van der Waals surface area contributed by atoms with Crippen molar-refractivity contribution in [1.82, 2.24) is 24.5 Å². The summed E-state index contributed by atoms with van der Waals surface area (Å²) in [6, 6.07) is 4.30. The number of hydrogen-bond acceptors (Lipinski definition) is 6. The molecule has 3 heterocycles. The van der Waals surface area contributed by atoms with Crippen molar-refractivity contribution in [2.45, 2.75) is 52.2 Å². The number of aromatic nitrogens is 5. The fraction of sp³-hybridized carbons (Fsp3) is 0.450. The Morgan fingerprint density at radius 2 is 2.00 bits per heavy atom. The van der Waals surface area contributed by atoms with Crippen molar-refractivity contribution >= 4 is 28.7 Å². The molecule has 7 nitrogen and oxygen atoms in total. The molecule has 0 aliphatic heterocycles. The van der Waals surface area contributed by atoms with E-state index in [1.54, 1.807) is 6.20 Å². The second-order valence-corrected chi connectivity index (χ2v) is 8.77. The summed E-state index contributed by atoms with van der Waals surface area (Å²) in [5, 5.41) is 0.635. The maximum atomic E-state index is 11.5. The summed E-state index contributed by atoms with van der Waals surface area (Å²) in [6.07, 6.45) is 4.17. The van der Waals surface area contributed by atoms with E-state index in [2.05, 4.69) is 44.4 Å². The quantitative estimate of drug-likeness (QED) is 0.484. The predicted octanol–water partition coefficient (Wildman–Crippen LogP) is 3.31. The van der Waals surface area contributed by atoms with Crippen LogP contribution in [0.15, 0.2) is 29.7 Å². The van der Waals surface area contributed by atoms with Crippen molar-refractivity contribution in [3.05, 3.63) is 41.7 Å². The van der Waals surface area contributed by atoms with E-state index in [0.29, 0.717) is 23.4 Å². The molecule has 0 radical (unpaired) electrons. The summed E-state index contributed by atoms with van der Waals surface area (Å²) < 4.78 is 2.22. The number of nitrogens with two attached hydrogens (primary N) is 1. The summed E-state index contributed by atoms with van der Waals surface area (Å²) in [7, 11) is 0. The molecule has 0 aliphatic carbocycles. The van der Waals surface area contributed by atoms with Crippen molar-refractivity contribution in [2.24, 2.45) is 11.1 Å². The highest BCUT2D eigenvalue weighted by molar-refractivity contribution is 7.99. The van der Waals surface area contributed by atoms with Crippen LogP contribution in [0, 0.1) is 12.3 Å². The largest absolute Gasteiger partial charge is 0.369 e. The average Bonchev–Trinajstić information content (AvgIpc) is 2.95. The summed E-state index contributed by atoms with van der Waals surface area (Å²) in [5.74, 6) is 1.19. The van der Waals surface area contributed by atoms with Crippen LogP contribution in [0.4, 0.5) is 0 Å². The molecule has 0 aliphatic rings. The lowest BCUT2D eigenvalue weighted by Gasteiger charge is -2.18. The molecule has 0 fully saturated rings. The number of amides is 1. The molecular weight excluding hydrogens is 372 g/mol. The Bertz CT molecular complexity index is 1010. The van der Waals surface area contributed by atoms with Gasteiger partial charge in [0.15, 0.2) is 5.16 Å². The minimum atomic E-state index is -0.607. The van der Waals surface area contributed by atoms with Gasteiger partial charge >= 0.3 is 0 Å². The number of pyridine rings is 1. The molecule has 0 aromatic carbocycles. The van der Waals surface area contributed by atoms with Gasteiger partial charge in [-0.25, -0.2) is 15.0 Å². The molecule has 1 amide bonds. The van der Waals surface area contributed by atoms with E-state index in [9.17, 15) is 4.79 Å². The van der Waals surface area contributed by atoms with Gasteiger partial charge in [0.05, 0.1) is 22.8 Å². The Morgan fingerprint density at radius 3 is 2.68 bits per heavy atom. The molecule has 2 N–H and O–H groups in total. The Balaban J connectivity index is 1.80. The first-order valence-electron chi connectivity index (χ1n) is 9.25. The second kappa shape index (κ2) is 7.87. The van der Waals surface area contributed by atoms with Gasteiger partial charge in [0.2, 0.25) is 5.91 Å². The number of rotatable bonds is 7. The van der Waals surface area contributed by atoms with Gasteiger partial charge in [0, 0.05) is 30.1 Å². The lowest BCUT2D eigenvalue weighted by molar-refractivity contribution is -0.124. The lowest BCUT2D eigenvalue weighted by Crippen LogP contribution is -2.33. The van der Waals surface area contributed by atoms with E-state index >= 15 is 0 Å². The molecule has 3 aromatic heterocycles. The first-order valence-corrected chi connectivity index (χ1v) is 10.2. The van der Waals surface area contributed by atoms with E-state index in [1.807, 2.05) is 33.0 Å². The van der Waals surface area contributed by atoms with E-state index < -0.39 is 5.41 Å². The second-order valence-electron chi connectivity index (χ2n) is 7.83. The number of carbonyl (C=O) groups is 1. The third kappa shape index (κ3) is 4.32. The van der Waals surface area contributed by atoms with Crippen molar-refractivity contribution < 1.29 is 4.79 Å². The maximum absolute atomic E-state index is 11.5. The summed E-state index contributed by atoms with van der Waals surface area (Å²) in [4.78, 5) is 29.5. The first-order chi connectivity index (χ1) is 13.2. The number of fused-ring (bicyclic) bond motifs is 1. The number of carbonyl (C=O) groups excluding carboxylic acids is 1. The smallest absolute Gasteiger partial charge is 0.223 e. The van der Waals surface area contributed by atoms with Crippen LogP contribution in [0.5, 0.6) is 0 Å². The van der Waals surface area contributed by atoms with Crippen LogP contribution in [-0.2, 0) is 11.2 Å². The van der Waals surface area contributed by atoms with Crippen LogP contribution in [0.1, 0.15) is 50.9 Å². The van der Waals surface area contributed by atoms with E-state index in [1.165, 1.54) is 11.8 Å². The number of primary amides is 1. The zero-order valence-corrected chi connectivity index (χ0v) is 17.7. The van der Waals surface area contributed by atoms with Crippen molar-refractivity contribution in [2.75, 3.05) is 5.75 Å². The molecule has 0 saturated carbocycles. The molecule has 0 bridgehead atoms. The van der Waals surface area contributed by atoms with Gasteiger partial charge < -0.3 is 10.3 Å². The standard InChI is InChI=1S/C20H26N6OS/c1-12(2)26-13(3)24-16-10-23-15(9-17(16)26)8-14-6-7-22-19(25-14)28-11-20(4,5)18(21)27/h6-7,9-10,12H,8,11H2,1-5H3,(H2,21,27). The molecule has 148 valence electrons. The van der Waals surface area contributed by atoms with Crippen LogP contribution >= 0.6 is 11.8 Å². The van der Waals surface area contributed by atoms with Gasteiger partial charge in [-0.1, -0.05) is 25.6 Å². The molecule has 0 saturated heterocycles. The highest BCUT2D eigenvalue weighted by atomic mass is 32.2. The van der Waals surface area contributed by atoms with Crippen LogP contribution < -0.4 is 5.73 Å². The van der Waals surface area contributed by atoms with E-state index in [4.69, 9.17) is 5.73 Å². The van der Waals surface area contributed by atoms with Gasteiger partial charge in [0.1, 0.15) is 11.3 Å². The van der Waals surface area contributed by atoms with Gasteiger partial charge in [-0.05, 0) is 32.9 Å². The molecule has 8 heteroatoms. The third-order valence-corrected chi connectivity index (χ3v) is 5.93. The Hall–Kier alpha value is -2.48. The Morgan fingerprint density at radius 1 is 1.25 bits per heavy atom. The van der Waals surface area contributed by atoms with Crippen LogP contribution in [0.3, 0.4) is 0 Å². The van der Waals surface area contributed by atoms with Gasteiger partial charge in [0.25, 0.3) is 0 Å².